The SMILES string of the molecule is COCCNCCCCN(C)CCOC. The highest BCUT2D eigenvalue weighted by Crippen LogP contribution is 1.91. The van der Waals surface area contributed by atoms with Crippen molar-refractivity contribution >= 4 is 0 Å². The van der Waals surface area contributed by atoms with Crippen LogP contribution >= 0.6 is 0 Å². The van der Waals surface area contributed by atoms with E-state index in [1.165, 1.54) is 12.8 Å². The molecule has 4 heteroatoms. The predicted molar refractivity (Wildman–Crippen MR) is 63.4 cm³/mol. The van der Waals surface area contributed by atoms with Crippen molar-refractivity contribution in [2.45, 2.75) is 12.8 Å². The summed E-state index contributed by atoms with van der Waals surface area (Å²) in [6, 6.07) is 0. The summed E-state index contributed by atoms with van der Waals surface area (Å²) in [5.74, 6) is 0. The molecular formula is C11H26N2O2. The minimum Gasteiger partial charge on any atom is -0.383 e. The maximum absolute atomic E-state index is 5.02. The number of nitrogens with zero attached hydrogens (tertiary/aromatic N) is 1. The minimum absolute atomic E-state index is 0.799. The molecule has 0 radical (unpaired) electrons. The first-order chi connectivity index (χ1) is 7.31. The Labute approximate surface area is 93.9 Å². The summed E-state index contributed by atoms with van der Waals surface area (Å²) in [5, 5.41) is 3.34. The number of likely N-dealkylation sites (N-methyl/N-ethyl adjacent to an activating group) is 1. The second kappa shape index (κ2) is 11.9. The molecule has 0 aromatic heterocycles. The molecule has 4 nitrogen and oxygen atoms in total. The molecule has 1 N–H and O–H groups in total. The standard InChI is InChI=1S/C11H26N2O2/c1-13(9-11-15-3)8-5-4-6-12-7-10-14-2/h12H,4-11H2,1-3H3. The van der Waals surface area contributed by atoms with Gasteiger partial charge < -0.3 is 19.7 Å². The molecular weight excluding hydrogens is 192 g/mol. The van der Waals surface area contributed by atoms with E-state index in [0.29, 0.717) is 0 Å². The van der Waals surface area contributed by atoms with Gasteiger partial charge in [-0.3, -0.25) is 0 Å². The number of hydrogen-bond acceptors (Lipinski definition) is 4. The van der Waals surface area contributed by atoms with Gasteiger partial charge in [0, 0.05) is 27.3 Å². The fourth-order valence-corrected chi connectivity index (χ4v) is 1.29. The van der Waals surface area contributed by atoms with Crippen LogP contribution in [0.1, 0.15) is 12.8 Å². The van der Waals surface area contributed by atoms with Gasteiger partial charge in [0.15, 0.2) is 0 Å². The molecule has 0 aliphatic rings. The lowest BCUT2D eigenvalue weighted by atomic mass is 10.3. The second-order valence-corrected chi connectivity index (χ2v) is 3.75. The van der Waals surface area contributed by atoms with Crippen molar-refractivity contribution in [3.63, 3.8) is 0 Å². The molecule has 0 atom stereocenters. The molecule has 0 amide bonds. The number of nitrogens with one attached hydrogen (secondary N) is 1. The Bertz CT molecular complexity index is 123. The molecule has 0 aromatic rings. The van der Waals surface area contributed by atoms with Crippen LogP contribution in [-0.4, -0.2) is 65.6 Å². The average Bonchev–Trinajstić information content (AvgIpc) is 2.25. The van der Waals surface area contributed by atoms with Gasteiger partial charge in [0.05, 0.1) is 13.2 Å². The van der Waals surface area contributed by atoms with Crippen molar-refractivity contribution < 1.29 is 9.47 Å². The molecule has 0 aromatic carbocycles. The first kappa shape index (κ1) is 14.8. The van der Waals surface area contributed by atoms with Gasteiger partial charge in [0.1, 0.15) is 0 Å². The summed E-state index contributed by atoms with van der Waals surface area (Å²) in [6.45, 7) is 5.83. The van der Waals surface area contributed by atoms with Gasteiger partial charge in [-0.05, 0) is 33.0 Å². The summed E-state index contributed by atoms with van der Waals surface area (Å²) in [5.41, 5.74) is 0. The van der Waals surface area contributed by atoms with E-state index in [1.54, 1.807) is 14.2 Å². The number of hydrogen-bond donors (Lipinski definition) is 1. The third-order valence-electron chi connectivity index (χ3n) is 2.30. The van der Waals surface area contributed by atoms with Crippen LogP contribution in [0, 0.1) is 0 Å². The minimum atomic E-state index is 0.799. The van der Waals surface area contributed by atoms with E-state index in [9.17, 15) is 0 Å². The lowest BCUT2D eigenvalue weighted by Crippen LogP contribution is -2.25. The zero-order valence-corrected chi connectivity index (χ0v) is 10.4. The van der Waals surface area contributed by atoms with Gasteiger partial charge in [-0.25, -0.2) is 0 Å². The number of ether oxygens (including phenoxy) is 2. The van der Waals surface area contributed by atoms with Crippen LogP contribution in [0.5, 0.6) is 0 Å². The van der Waals surface area contributed by atoms with Gasteiger partial charge in [-0.1, -0.05) is 0 Å². The molecule has 0 bridgehead atoms. The van der Waals surface area contributed by atoms with Crippen molar-refractivity contribution in [3.05, 3.63) is 0 Å². The molecule has 0 rings (SSSR count). The Morgan fingerprint density at radius 1 is 0.933 bits per heavy atom. The van der Waals surface area contributed by atoms with Crippen molar-refractivity contribution in [2.24, 2.45) is 0 Å². The normalized spacial score (nSPS) is 11.2. The molecule has 0 aliphatic carbocycles. The van der Waals surface area contributed by atoms with Crippen LogP contribution < -0.4 is 5.32 Å². The zero-order chi connectivity index (χ0) is 11.4. The molecule has 92 valence electrons. The Balaban J connectivity index is 3.02. The smallest absolute Gasteiger partial charge is 0.0589 e. The van der Waals surface area contributed by atoms with Crippen molar-refractivity contribution in [1.29, 1.82) is 0 Å². The Morgan fingerprint density at radius 2 is 1.67 bits per heavy atom. The van der Waals surface area contributed by atoms with E-state index < -0.39 is 0 Å². The molecule has 0 saturated heterocycles. The quantitative estimate of drug-likeness (QED) is 0.514. The number of unbranched alkanes of at least 4 members (excludes halogenated alkanes) is 1. The summed E-state index contributed by atoms with van der Waals surface area (Å²) in [6.07, 6.45) is 2.46. The summed E-state index contributed by atoms with van der Waals surface area (Å²) >= 11 is 0. The van der Waals surface area contributed by atoms with E-state index in [2.05, 4.69) is 17.3 Å². The first-order valence-corrected chi connectivity index (χ1v) is 5.68. The van der Waals surface area contributed by atoms with E-state index in [0.717, 1.165) is 39.4 Å². The van der Waals surface area contributed by atoms with E-state index in [1.807, 2.05) is 0 Å². The van der Waals surface area contributed by atoms with Gasteiger partial charge >= 0.3 is 0 Å². The van der Waals surface area contributed by atoms with E-state index in [-0.39, 0.29) is 0 Å². The lowest BCUT2D eigenvalue weighted by Gasteiger charge is -2.15. The fourth-order valence-electron chi connectivity index (χ4n) is 1.29. The topological polar surface area (TPSA) is 33.7 Å². The van der Waals surface area contributed by atoms with Crippen molar-refractivity contribution in [1.82, 2.24) is 10.2 Å². The van der Waals surface area contributed by atoms with Gasteiger partial charge in [-0.2, -0.15) is 0 Å². The van der Waals surface area contributed by atoms with Crippen molar-refractivity contribution in [2.75, 3.05) is 60.7 Å². The molecule has 0 saturated carbocycles. The Kier molecular flexibility index (Phi) is 11.8. The second-order valence-electron chi connectivity index (χ2n) is 3.75. The molecule has 0 aliphatic heterocycles. The highest BCUT2D eigenvalue weighted by molar-refractivity contribution is 4.53. The monoisotopic (exact) mass is 218 g/mol. The number of methoxy groups -OCH3 is 2. The van der Waals surface area contributed by atoms with Crippen LogP contribution in [0.2, 0.25) is 0 Å². The molecule has 0 unspecified atom stereocenters. The van der Waals surface area contributed by atoms with Crippen LogP contribution in [0.25, 0.3) is 0 Å². The Hall–Kier alpha value is -0.160. The predicted octanol–water partition coefficient (Wildman–Crippen LogP) is 0.581. The highest BCUT2D eigenvalue weighted by Gasteiger charge is 1.96. The molecule has 15 heavy (non-hydrogen) atoms. The van der Waals surface area contributed by atoms with Crippen LogP contribution in [0.3, 0.4) is 0 Å². The average molecular weight is 218 g/mol. The van der Waals surface area contributed by atoms with E-state index >= 15 is 0 Å². The number of rotatable bonds is 11. The summed E-state index contributed by atoms with van der Waals surface area (Å²) in [4.78, 5) is 2.30. The third-order valence-corrected chi connectivity index (χ3v) is 2.30. The summed E-state index contributed by atoms with van der Waals surface area (Å²) in [7, 11) is 5.61. The fraction of sp³-hybridized carbons (Fsp3) is 1.00. The summed E-state index contributed by atoms with van der Waals surface area (Å²) < 4.78 is 9.96. The van der Waals surface area contributed by atoms with Gasteiger partial charge in [0.2, 0.25) is 0 Å². The maximum atomic E-state index is 5.02. The first-order valence-electron chi connectivity index (χ1n) is 5.68. The lowest BCUT2D eigenvalue weighted by molar-refractivity contribution is 0.160. The van der Waals surface area contributed by atoms with E-state index in [4.69, 9.17) is 9.47 Å². The molecule has 0 heterocycles. The van der Waals surface area contributed by atoms with Gasteiger partial charge in [0.25, 0.3) is 0 Å². The molecule has 0 spiro atoms. The van der Waals surface area contributed by atoms with Crippen LogP contribution in [0.4, 0.5) is 0 Å². The third kappa shape index (κ3) is 11.8. The van der Waals surface area contributed by atoms with Gasteiger partial charge in [-0.15, -0.1) is 0 Å². The van der Waals surface area contributed by atoms with Crippen LogP contribution in [-0.2, 0) is 9.47 Å². The maximum Gasteiger partial charge on any atom is 0.0589 e. The van der Waals surface area contributed by atoms with Crippen molar-refractivity contribution in [3.8, 4) is 0 Å². The largest absolute Gasteiger partial charge is 0.383 e. The Morgan fingerprint density at radius 3 is 2.33 bits per heavy atom. The van der Waals surface area contributed by atoms with Crippen LogP contribution in [0.15, 0.2) is 0 Å². The molecule has 0 fully saturated rings. The zero-order valence-electron chi connectivity index (χ0n) is 10.4. The highest BCUT2D eigenvalue weighted by atomic mass is 16.5.